The number of ether oxygens (including phenoxy) is 4. The molecule has 0 atom stereocenters. The van der Waals surface area contributed by atoms with Crippen molar-refractivity contribution in [1.82, 2.24) is 0 Å². The fraction of sp³-hybridized carbons (Fsp3) is 0.533. The molecule has 0 radical (unpaired) electrons. The first kappa shape index (κ1) is 36.4. The summed E-state index contributed by atoms with van der Waals surface area (Å²) < 4.78 is 21.1. The molecule has 2 amide bonds. The van der Waals surface area contributed by atoms with Gasteiger partial charge < -0.3 is 29.6 Å². The topological polar surface area (TPSA) is 163 Å². The van der Waals surface area contributed by atoms with Gasteiger partial charge in [0.2, 0.25) is 11.8 Å². The van der Waals surface area contributed by atoms with E-state index in [4.69, 9.17) is 18.9 Å². The van der Waals surface area contributed by atoms with Crippen LogP contribution in [0, 0.1) is 13.8 Å². The summed E-state index contributed by atoms with van der Waals surface area (Å²) in [5.74, 6) is -3.95. The summed E-state index contributed by atoms with van der Waals surface area (Å²) in [6.07, 6.45) is -0.602. The molecule has 0 bridgehead atoms. The SMILES string of the molecule is CCOC(=O)c1c(NC(=O)CCC(=O)Nc2sc(C(=O)OC(C)(C)C)c(C)c2C(=O)OCC)sc(C(=O)OC(C)(C)C)c1C. The summed E-state index contributed by atoms with van der Waals surface area (Å²) in [6.45, 7) is 16.8. The lowest BCUT2D eigenvalue weighted by molar-refractivity contribution is -0.121. The zero-order valence-electron chi connectivity index (χ0n) is 26.7. The Morgan fingerprint density at radius 1 is 0.591 bits per heavy atom. The first-order valence-corrected chi connectivity index (χ1v) is 15.6. The van der Waals surface area contributed by atoms with Crippen LogP contribution in [0.2, 0.25) is 0 Å². The van der Waals surface area contributed by atoms with Crippen LogP contribution in [0.15, 0.2) is 0 Å². The van der Waals surface area contributed by atoms with Gasteiger partial charge in [-0.3, -0.25) is 9.59 Å². The number of nitrogens with one attached hydrogen (secondary N) is 2. The molecular formula is C30H40N2O10S2. The second kappa shape index (κ2) is 14.8. The molecule has 14 heteroatoms. The van der Waals surface area contributed by atoms with E-state index in [9.17, 15) is 28.8 Å². The Hall–Kier alpha value is -3.78. The van der Waals surface area contributed by atoms with Crippen LogP contribution in [0.1, 0.15) is 119 Å². The molecule has 2 N–H and O–H groups in total. The van der Waals surface area contributed by atoms with Gasteiger partial charge in [-0.1, -0.05) is 0 Å². The van der Waals surface area contributed by atoms with E-state index < -0.39 is 46.9 Å². The van der Waals surface area contributed by atoms with Crippen molar-refractivity contribution in [3.8, 4) is 0 Å². The van der Waals surface area contributed by atoms with E-state index in [2.05, 4.69) is 10.6 Å². The van der Waals surface area contributed by atoms with E-state index in [0.29, 0.717) is 11.1 Å². The molecule has 12 nitrogen and oxygen atoms in total. The molecule has 0 saturated heterocycles. The third kappa shape index (κ3) is 9.88. The molecule has 0 spiro atoms. The Labute approximate surface area is 264 Å². The number of thiophene rings is 2. The quantitative estimate of drug-likeness (QED) is 0.216. The summed E-state index contributed by atoms with van der Waals surface area (Å²) in [5, 5.41) is 5.39. The van der Waals surface area contributed by atoms with Crippen molar-refractivity contribution in [2.24, 2.45) is 0 Å². The molecule has 0 unspecified atom stereocenters. The first-order valence-electron chi connectivity index (χ1n) is 14.0. The third-order valence-corrected chi connectivity index (χ3v) is 7.88. The Morgan fingerprint density at radius 2 is 0.909 bits per heavy atom. The highest BCUT2D eigenvalue weighted by molar-refractivity contribution is 7.19. The lowest BCUT2D eigenvalue weighted by Gasteiger charge is -2.19. The minimum absolute atomic E-state index is 0.0262. The Balaban J connectivity index is 2.24. The van der Waals surface area contributed by atoms with E-state index in [0.717, 1.165) is 22.7 Å². The molecule has 0 saturated carbocycles. The van der Waals surface area contributed by atoms with Crippen LogP contribution < -0.4 is 10.6 Å². The standard InChI is InChI=1S/C30H40N2O10S2/c1-11-39-25(35)19-15(3)21(27(37)41-29(5,6)7)43-23(19)31-17(33)13-14-18(34)32-24-20(26(36)40-12-2)16(4)22(44-24)28(38)42-30(8,9)10/h11-14H2,1-10H3,(H,31,33)(H,32,34). The van der Waals surface area contributed by atoms with E-state index in [1.807, 2.05) is 0 Å². The molecule has 0 aliphatic rings. The number of esters is 4. The molecule has 2 rings (SSSR count). The number of anilines is 2. The normalized spacial score (nSPS) is 11.4. The Kier molecular flexibility index (Phi) is 12.2. The van der Waals surface area contributed by atoms with Crippen molar-refractivity contribution < 1.29 is 47.7 Å². The van der Waals surface area contributed by atoms with Gasteiger partial charge in [0, 0.05) is 12.8 Å². The van der Waals surface area contributed by atoms with Crippen molar-refractivity contribution in [1.29, 1.82) is 0 Å². The van der Waals surface area contributed by atoms with E-state index in [1.165, 1.54) is 0 Å². The second-order valence-electron chi connectivity index (χ2n) is 11.6. The maximum atomic E-state index is 12.9. The van der Waals surface area contributed by atoms with Gasteiger partial charge in [-0.2, -0.15) is 0 Å². The van der Waals surface area contributed by atoms with Crippen LogP contribution in [-0.4, -0.2) is 60.1 Å². The molecular weight excluding hydrogens is 612 g/mol. The van der Waals surface area contributed by atoms with Crippen LogP contribution in [0.4, 0.5) is 10.0 Å². The number of carbonyl (C=O) groups excluding carboxylic acids is 6. The fourth-order valence-electron chi connectivity index (χ4n) is 3.74. The zero-order valence-corrected chi connectivity index (χ0v) is 28.4. The molecule has 0 fully saturated rings. The van der Waals surface area contributed by atoms with Crippen molar-refractivity contribution in [3.05, 3.63) is 32.0 Å². The number of hydrogen-bond acceptors (Lipinski definition) is 12. The summed E-state index contributed by atoms with van der Waals surface area (Å²) in [6, 6.07) is 0. The molecule has 2 aromatic heterocycles. The Bertz CT molecular complexity index is 1330. The average Bonchev–Trinajstić information content (AvgIpc) is 3.37. The van der Waals surface area contributed by atoms with Gasteiger partial charge in [-0.15, -0.1) is 22.7 Å². The maximum absolute atomic E-state index is 12.9. The Morgan fingerprint density at radius 3 is 1.18 bits per heavy atom. The second-order valence-corrected chi connectivity index (χ2v) is 13.6. The van der Waals surface area contributed by atoms with Crippen LogP contribution in [0.3, 0.4) is 0 Å². The van der Waals surface area contributed by atoms with Crippen LogP contribution in [0.25, 0.3) is 0 Å². The van der Waals surface area contributed by atoms with Crippen LogP contribution in [-0.2, 0) is 28.5 Å². The smallest absolute Gasteiger partial charge is 0.349 e. The van der Waals surface area contributed by atoms with E-state index in [-0.39, 0.29) is 56.9 Å². The van der Waals surface area contributed by atoms with Gasteiger partial charge in [0.25, 0.3) is 0 Å². The van der Waals surface area contributed by atoms with Crippen molar-refractivity contribution in [2.75, 3.05) is 23.8 Å². The summed E-state index contributed by atoms with van der Waals surface area (Å²) in [7, 11) is 0. The monoisotopic (exact) mass is 652 g/mol. The van der Waals surface area contributed by atoms with Gasteiger partial charge in [-0.25, -0.2) is 19.2 Å². The van der Waals surface area contributed by atoms with Gasteiger partial charge in [-0.05, 0) is 80.4 Å². The minimum atomic E-state index is -0.781. The largest absolute Gasteiger partial charge is 0.462 e. The highest BCUT2D eigenvalue weighted by atomic mass is 32.1. The minimum Gasteiger partial charge on any atom is -0.462 e. The number of hydrogen-bond donors (Lipinski definition) is 2. The molecule has 242 valence electrons. The first-order chi connectivity index (χ1) is 20.3. The number of rotatable bonds is 11. The maximum Gasteiger partial charge on any atom is 0.349 e. The van der Waals surface area contributed by atoms with Gasteiger partial charge in [0.1, 0.15) is 31.0 Å². The van der Waals surface area contributed by atoms with E-state index in [1.54, 1.807) is 69.2 Å². The predicted octanol–water partition coefficient (Wildman–Crippen LogP) is 6.05. The predicted molar refractivity (Wildman–Crippen MR) is 167 cm³/mol. The van der Waals surface area contributed by atoms with Gasteiger partial charge >= 0.3 is 23.9 Å². The number of amides is 2. The third-order valence-electron chi connectivity index (χ3n) is 5.51. The molecule has 0 aliphatic carbocycles. The lowest BCUT2D eigenvalue weighted by Crippen LogP contribution is -2.23. The highest BCUT2D eigenvalue weighted by Crippen LogP contribution is 2.36. The van der Waals surface area contributed by atoms with Crippen molar-refractivity contribution >= 4 is 68.4 Å². The van der Waals surface area contributed by atoms with Crippen LogP contribution in [0.5, 0.6) is 0 Å². The molecule has 0 aromatic carbocycles. The molecule has 44 heavy (non-hydrogen) atoms. The van der Waals surface area contributed by atoms with Crippen molar-refractivity contribution in [3.63, 3.8) is 0 Å². The summed E-state index contributed by atoms with van der Waals surface area (Å²) in [4.78, 5) is 76.9. The van der Waals surface area contributed by atoms with Crippen molar-refractivity contribution in [2.45, 2.75) is 93.3 Å². The van der Waals surface area contributed by atoms with Gasteiger partial charge in [0.05, 0.1) is 24.3 Å². The lowest BCUT2D eigenvalue weighted by atomic mass is 10.1. The number of carbonyl (C=O) groups is 6. The van der Waals surface area contributed by atoms with Gasteiger partial charge in [0.15, 0.2) is 0 Å². The van der Waals surface area contributed by atoms with E-state index >= 15 is 0 Å². The fourth-order valence-corrected chi connectivity index (χ4v) is 5.92. The average molecular weight is 653 g/mol. The molecule has 2 heterocycles. The highest BCUT2D eigenvalue weighted by Gasteiger charge is 2.31. The summed E-state index contributed by atoms with van der Waals surface area (Å²) >= 11 is 1.75. The molecule has 0 aliphatic heterocycles. The molecule has 2 aromatic rings. The zero-order chi connectivity index (χ0) is 33.6. The van der Waals surface area contributed by atoms with Crippen LogP contribution >= 0.6 is 22.7 Å². The summed E-state index contributed by atoms with van der Waals surface area (Å²) in [5.41, 5.74) is -0.907.